The first-order valence-electron chi connectivity index (χ1n) is 6.65. The molecule has 1 atom stereocenters. The third-order valence-electron chi connectivity index (χ3n) is 2.94. The summed E-state index contributed by atoms with van der Waals surface area (Å²) in [5.41, 5.74) is 1.47. The summed E-state index contributed by atoms with van der Waals surface area (Å²) in [6.45, 7) is 5.52. The van der Waals surface area contributed by atoms with Crippen LogP contribution in [0.1, 0.15) is 31.4 Å². The lowest BCUT2D eigenvalue weighted by Crippen LogP contribution is -2.43. The zero-order valence-corrected chi connectivity index (χ0v) is 12.3. The number of nitrogens with zero attached hydrogens (tertiary/aromatic N) is 1. The number of urea groups is 1. The highest BCUT2D eigenvalue weighted by Crippen LogP contribution is 2.18. The Morgan fingerprint density at radius 1 is 1.38 bits per heavy atom. The maximum Gasteiger partial charge on any atom is 0.326 e. The largest absolute Gasteiger partial charge is 0.480 e. The Morgan fingerprint density at radius 3 is 2.57 bits per heavy atom. The monoisotopic (exact) mass is 289 g/mol. The molecule has 0 heterocycles. The molecular formula is C15H19N3O3. The number of nitrogens with one attached hydrogen (secondary N) is 2. The molecule has 6 nitrogen and oxygen atoms in total. The molecule has 6 heteroatoms. The minimum Gasteiger partial charge on any atom is -0.480 e. The van der Waals surface area contributed by atoms with Crippen molar-refractivity contribution >= 4 is 17.7 Å². The molecule has 0 saturated carbocycles. The molecule has 0 fully saturated rings. The lowest BCUT2D eigenvalue weighted by atomic mass is 10.0. The SMILES string of the molecule is Cc1cccc(NC(=O)NC(CC(C)C)C(=O)O)c1C#N. The van der Waals surface area contributed by atoms with Gasteiger partial charge in [0.15, 0.2) is 0 Å². The Hall–Kier alpha value is -2.55. The number of anilines is 1. The van der Waals surface area contributed by atoms with Gasteiger partial charge in [0, 0.05) is 0 Å². The van der Waals surface area contributed by atoms with Gasteiger partial charge in [-0.1, -0.05) is 26.0 Å². The first kappa shape index (κ1) is 16.5. The lowest BCUT2D eigenvalue weighted by molar-refractivity contribution is -0.139. The minimum absolute atomic E-state index is 0.139. The summed E-state index contributed by atoms with van der Waals surface area (Å²) in [7, 11) is 0. The van der Waals surface area contributed by atoms with Gasteiger partial charge in [0.05, 0.1) is 11.3 Å². The van der Waals surface area contributed by atoms with E-state index in [1.54, 1.807) is 25.1 Å². The van der Waals surface area contributed by atoms with E-state index in [1.807, 2.05) is 19.9 Å². The number of hydrogen-bond acceptors (Lipinski definition) is 3. The molecule has 0 spiro atoms. The van der Waals surface area contributed by atoms with Gasteiger partial charge in [-0.3, -0.25) is 0 Å². The van der Waals surface area contributed by atoms with Crippen LogP contribution in [0.5, 0.6) is 0 Å². The van der Waals surface area contributed by atoms with E-state index in [9.17, 15) is 9.59 Å². The number of rotatable bonds is 5. The summed E-state index contributed by atoms with van der Waals surface area (Å²) in [5.74, 6) is -0.941. The Bertz CT molecular complexity index is 576. The molecule has 1 aromatic rings. The van der Waals surface area contributed by atoms with Crippen molar-refractivity contribution in [1.82, 2.24) is 5.32 Å². The molecule has 0 radical (unpaired) electrons. The molecule has 1 rings (SSSR count). The van der Waals surface area contributed by atoms with Crippen molar-refractivity contribution in [2.75, 3.05) is 5.32 Å². The van der Waals surface area contributed by atoms with Crippen LogP contribution in [0.15, 0.2) is 18.2 Å². The number of carbonyl (C=O) groups is 2. The fraction of sp³-hybridized carbons (Fsp3) is 0.400. The summed E-state index contributed by atoms with van der Waals surface area (Å²) in [6.07, 6.45) is 0.335. The molecular weight excluding hydrogens is 270 g/mol. The van der Waals surface area contributed by atoms with E-state index >= 15 is 0 Å². The first-order chi connectivity index (χ1) is 9.85. The number of hydrogen-bond donors (Lipinski definition) is 3. The van der Waals surface area contributed by atoms with Crippen LogP contribution in [-0.4, -0.2) is 23.1 Å². The summed E-state index contributed by atoms with van der Waals surface area (Å²) in [4.78, 5) is 23.0. The van der Waals surface area contributed by atoms with E-state index in [2.05, 4.69) is 10.6 Å². The topological polar surface area (TPSA) is 102 Å². The molecule has 112 valence electrons. The number of nitriles is 1. The smallest absolute Gasteiger partial charge is 0.326 e. The Balaban J connectivity index is 2.80. The van der Waals surface area contributed by atoms with E-state index in [0.29, 0.717) is 17.7 Å². The van der Waals surface area contributed by atoms with Crippen LogP contribution in [0.4, 0.5) is 10.5 Å². The second-order valence-electron chi connectivity index (χ2n) is 5.23. The number of carboxylic acid groups (broad SMARTS) is 1. The summed E-state index contributed by atoms with van der Waals surface area (Å²) in [6, 6.07) is 5.51. The van der Waals surface area contributed by atoms with Gasteiger partial charge in [-0.15, -0.1) is 0 Å². The van der Waals surface area contributed by atoms with E-state index < -0.39 is 18.0 Å². The van der Waals surface area contributed by atoms with Crippen LogP contribution in [0.25, 0.3) is 0 Å². The molecule has 0 aromatic heterocycles. The van der Waals surface area contributed by atoms with Gasteiger partial charge in [0.1, 0.15) is 12.1 Å². The van der Waals surface area contributed by atoms with E-state index in [-0.39, 0.29) is 5.92 Å². The summed E-state index contributed by atoms with van der Waals surface area (Å²) >= 11 is 0. The maximum atomic E-state index is 11.9. The Labute approximate surface area is 123 Å². The van der Waals surface area contributed by atoms with Crippen molar-refractivity contribution in [2.45, 2.75) is 33.2 Å². The third kappa shape index (κ3) is 4.80. The molecule has 0 aliphatic rings. The van der Waals surface area contributed by atoms with Crippen LogP contribution >= 0.6 is 0 Å². The van der Waals surface area contributed by atoms with Crippen LogP contribution in [0, 0.1) is 24.2 Å². The van der Waals surface area contributed by atoms with Crippen molar-refractivity contribution < 1.29 is 14.7 Å². The van der Waals surface area contributed by atoms with Gasteiger partial charge in [-0.2, -0.15) is 5.26 Å². The number of carboxylic acids is 1. The number of carbonyl (C=O) groups excluding carboxylic acids is 1. The maximum absolute atomic E-state index is 11.9. The first-order valence-corrected chi connectivity index (χ1v) is 6.65. The summed E-state index contributed by atoms with van der Waals surface area (Å²) in [5, 5.41) is 23.1. The predicted octanol–water partition coefficient (Wildman–Crippen LogP) is 2.49. The highest BCUT2D eigenvalue weighted by molar-refractivity contribution is 5.93. The molecule has 21 heavy (non-hydrogen) atoms. The number of benzene rings is 1. The van der Waals surface area contributed by atoms with Crippen LogP contribution in [0.3, 0.4) is 0 Å². The molecule has 2 amide bonds. The van der Waals surface area contributed by atoms with Gasteiger partial charge >= 0.3 is 12.0 Å². The van der Waals surface area contributed by atoms with Crippen LogP contribution < -0.4 is 10.6 Å². The van der Waals surface area contributed by atoms with Gasteiger partial charge in [0.2, 0.25) is 0 Å². The van der Waals surface area contributed by atoms with Crippen LogP contribution in [0.2, 0.25) is 0 Å². The second kappa shape index (κ2) is 7.29. The third-order valence-corrected chi connectivity index (χ3v) is 2.94. The normalized spacial score (nSPS) is 11.6. The average molecular weight is 289 g/mol. The van der Waals surface area contributed by atoms with Crippen molar-refractivity contribution in [3.05, 3.63) is 29.3 Å². The predicted molar refractivity (Wildman–Crippen MR) is 78.9 cm³/mol. The molecule has 0 aliphatic heterocycles. The van der Waals surface area contributed by atoms with Crippen LogP contribution in [-0.2, 0) is 4.79 Å². The van der Waals surface area contributed by atoms with Gasteiger partial charge < -0.3 is 15.7 Å². The average Bonchev–Trinajstić information content (AvgIpc) is 2.37. The molecule has 1 aromatic carbocycles. The van der Waals surface area contributed by atoms with Crippen molar-refractivity contribution in [3.8, 4) is 6.07 Å². The highest BCUT2D eigenvalue weighted by Gasteiger charge is 2.21. The zero-order valence-electron chi connectivity index (χ0n) is 12.3. The Morgan fingerprint density at radius 2 is 2.05 bits per heavy atom. The van der Waals surface area contributed by atoms with E-state index in [0.717, 1.165) is 5.56 Å². The van der Waals surface area contributed by atoms with Gasteiger partial charge in [-0.05, 0) is 30.9 Å². The quantitative estimate of drug-likeness (QED) is 0.774. The number of aryl methyl sites for hydroxylation is 1. The fourth-order valence-electron chi connectivity index (χ4n) is 1.93. The minimum atomic E-state index is -1.08. The molecule has 0 aliphatic carbocycles. The fourth-order valence-corrected chi connectivity index (χ4v) is 1.93. The standard InChI is InChI=1S/C15H19N3O3/c1-9(2)7-13(14(19)20)18-15(21)17-12-6-4-5-10(3)11(12)8-16/h4-6,9,13H,7H2,1-3H3,(H,19,20)(H2,17,18,21). The van der Waals surface area contributed by atoms with Gasteiger partial charge in [0.25, 0.3) is 0 Å². The molecule has 0 bridgehead atoms. The van der Waals surface area contributed by atoms with Crippen molar-refractivity contribution in [2.24, 2.45) is 5.92 Å². The van der Waals surface area contributed by atoms with Crippen molar-refractivity contribution in [1.29, 1.82) is 5.26 Å². The zero-order chi connectivity index (χ0) is 16.0. The summed E-state index contributed by atoms with van der Waals surface area (Å²) < 4.78 is 0. The number of amides is 2. The lowest BCUT2D eigenvalue weighted by Gasteiger charge is -2.17. The Kier molecular flexibility index (Phi) is 5.73. The second-order valence-corrected chi connectivity index (χ2v) is 5.23. The highest BCUT2D eigenvalue weighted by atomic mass is 16.4. The molecule has 1 unspecified atom stereocenters. The van der Waals surface area contributed by atoms with E-state index in [1.165, 1.54) is 0 Å². The van der Waals surface area contributed by atoms with Crippen molar-refractivity contribution in [3.63, 3.8) is 0 Å². The number of aliphatic carboxylic acids is 1. The molecule has 3 N–H and O–H groups in total. The van der Waals surface area contributed by atoms with Gasteiger partial charge in [-0.25, -0.2) is 9.59 Å². The molecule has 0 saturated heterocycles. The van der Waals surface area contributed by atoms with E-state index in [4.69, 9.17) is 10.4 Å².